The van der Waals surface area contributed by atoms with E-state index in [-0.39, 0.29) is 17.9 Å². The molecular formula is C26H24ClN3O6. The summed E-state index contributed by atoms with van der Waals surface area (Å²) in [6.45, 7) is -0.299. The zero-order valence-corrected chi connectivity index (χ0v) is 20.9. The summed E-state index contributed by atoms with van der Waals surface area (Å²) in [7, 11) is 5.99. The van der Waals surface area contributed by atoms with Crippen LogP contribution in [0.2, 0.25) is 5.02 Å². The number of rotatable bonds is 8. The SMILES string of the molecule is COc1ccc(NC(=O)Cn2c(-c3cc(OC)c(OC)c(OC)c3)nc3ccccc3c2=O)cc1Cl. The van der Waals surface area contributed by atoms with Crippen LogP contribution in [0.3, 0.4) is 0 Å². The number of fused-ring (bicyclic) bond motifs is 1. The Morgan fingerprint density at radius 1 is 0.917 bits per heavy atom. The minimum atomic E-state index is -0.441. The second-order valence-corrected chi connectivity index (χ2v) is 8.06. The smallest absolute Gasteiger partial charge is 0.262 e. The predicted molar refractivity (Wildman–Crippen MR) is 138 cm³/mol. The number of carbonyl (C=O) groups excluding carboxylic acids is 1. The van der Waals surface area contributed by atoms with Crippen molar-refractivity contribution in [3.63, 3.8) is 0 Å². The van der Waals surface area contributed by atoms with Crippen LogP contribution in [0, 0.1) is 0 Å². The van der Waals surface area contributed by atoms with E-state index in [0.29, 0.717) is 50.2 Å². The molecule has 0 saturated heterocycles. The van der Waals surface area contributed by atoms with Gasteiger partial charge in [-0.1, -0.05) is 23.7 Å². The summed E-state index contributed by atoms with van der Waals surface area (Å²) < 4.78 is 22.8. The molecule has 0 atom stereocenters. The van der Waals surface area contributed by atoms with E-state index < -0.39 is 5.91 Å². The average Bonchev–Trinajstić information content (AvgIpc) is 2.89. The van der Waals surface area contributed by atoms with Gasteiger partial charge in [-0.3, -0.25) is 14.2 Å². The van der Waals surface area contributed by atoms with Gasteiger partial charge in [0.15, 0.2) is 11.5 Å². The lowest BCUT2D eigenvalue weighted by Crippen LogP contribution is -2.30. The molecule has 0 aliphatic heterocycles. The van der Waals surface area contributed by atoms with Gasteiger partial charge in [-0.15, -0.1) is 0 Å². The number of nitrogens with zero attached hydrogens (tertiary/aromatic N) is 2. The number of methoxy groups -OCH3 is 4. The Labute approximate surface area is 212 Å². The molecule has 36 heavy (non-hydrogen) atoms. The number of amides is 1. The third kappa shape index (κ3) is 4.78. The molecule has 0 aliphatic rings. The van der Waals surface area contributed by atoms with E-state index in [0.717, 1.165) is 0 Å². The number of hydrogen-bond donors (Lipinski definition) is 1. The minimum absolute atomic E-state index is 0.265. The lowest BCUT2D eigenvalue weighted by molar-refractivity contribution is -0.116. The van der Waals surface area contributed by atoms with Gasteiger partial charge in [-0.05, 0) is 42.5 Å². The number of aromatic nitrogens is 2. The monoisotopic (exact) mass is 509 g/mol. The van der Waals surface area contributed by atoms with Gasteiger partial charge in [0.2, 0.25) is 11.7 Å². The van der Waals surface area contributed by atoms with Crippen molar-refractivity contribution in [1.29, 1.82) is 0 Å². The number of benzene rings is 3. The van der Waals surface area contributed by atoms with E-state index in [1.54, 1.807) is 54.6 Å². The van der Waals surface area contributed by atoms with Gasteiger partial charge in [0.1, 0.15) is 18.1 Å². The molecule has 0 spiro atoms. The molecule has 0 saturated carbocycles. The molecule has 4 aromatic rings. The molecule has 186 valence electrons. The molecule has 0 radical (unpaired) electrons. The Bertz CT molecular complexity index is 1480. The van der Waals surface area contributed by atoms with E-state index in [2.05, 4.69) is 5.32 Å². The highest BCUT2D eigenvalue weighted by atomic mass is 35.5. The zero-order chi connectivity index (χ0) is 25.8. The van der Waals surface area contributed by atoms with Crippen molar-refractivity contribution in [3.05, 3.63) is 70.0 Å². The molecule has 3 aromatic carbocycles. The summed E-state index contributed by atoms with van der Waals surface area (Å²) in [6.07, 6.45) is 0. The third-order valence-electron chi connectivity index (χ3n) is 5.52. The average molecular weight is 510 g/mol. The number of halogens is 1. The van der Waals surface area contributed by atoms with Gasteiger partial charge >= 0.3 is 0 Å². The maximum Gasteiger partial charge on any atom is 0.262 e. The Hall–Kier alpha value is -4.24. The quantitative estimate of drug-likeness (QED) is 0.376. The van der Waals surface area contributed by atoms with Crippen LogP contribution in [-0.4, -0.2) is 43.9 Å². The topological polar surface area (TPSA) is 101 Å². The van der Waals surface area contributed by atoms with E-state index in [4.69, 9.17) is 35.5 Å². The molecule has 1 amide bonds. The summed E-state index contributed by atoms with van der Waals surface area (Å²) in [5, 5.41) is 3.49. The van der Waals surface area contributed by atoms with Crippen LogP contribution in [0.1, 0.15) is 0 Å². The Morgan fingerprint density at radius 2 is 1.58 bits per heavy atom. The second-order valence-electron chi connectivity index (χ2n) is 7.66. The number of carbonyl (C=O) groups is 1. The maximum absolute atomic E-state index is 13.5. The molecule has 0 fully saturated rings. The van der Waals surface area contributed by atoms with Crippen molar-refractivity contribution < 1.29 is 23.7 Å². The highest BCUT2D eigenvalue weighted by Gasteiger charge is 2.20. The van der Waals surface area contributed by atoms with Gasteiger partial charge in [0.25, 0.3) is 5.56 Å². The summed E-state index contributed by atoms with van der Waals surface area (Å²) >= 11 is 6.18. The molecule has 10 heteroatoms. The Kier molecular flexibility index (Phi) is 7.30. The fraction of sp³-hybridized carbons (Fsp3) is 0.192. The highest BCUT2D eigenvalue weighted by Crippen LogP contribution is 2.40. The fourth-order valence-corrected chi connectivity index (χ4v) is 4.09. The van der Waals surface area contributed by atoms with Crippen molar-refractivity contribution in [2.24, 2.45) is 0 Å². The molecular weight excluding hydrogens is 486 g/mol. The van der Waals surface area contributed by atoms with Crippen LogP contribution in [0.15, 0.2) is 59.4 Å². The number of ether oxygens (including phenoxy) is 4. The first-order chi connectivity index (χ1) is 17.4. The van der Waals surface area contributed by atoms with E-state index >= 15 is 0 Å². The van der Waals surface area contributed by atoms with Crippen molar-refractivity contribution in [2.45, 2.75) is 6.54 Å². The van der Waals surface area contributed by atoms with Crippen LogP contribution in [0.5, 0.6) is 23.0 Å². The number of nitrogens with one attached hydrogen (secondary N) is 1. The van der Waals surface area contributed by atoms with E-state index in [9.17, 15) is 9.59 Å². The summed E-state index contributed by atoms with van der Waals surface area (Å²) in [4.78, 5) is 31.2. The summed E-state index contributed by atoms with van der Waals surface area (Å²) in [5.41, 5.74) is 1.09. The molecule has 0 aliphatic carbocycles. The zero-order valence-electron chi connectivity index (χ0n) is 20.1. The van der Waals surface area contributed by atoms with Gasteiger partial charge in [-0.25, -0.2) is 4.98 Å². The summed E-state index contributed by atoms with van der Waals surface area (Å²) in [6, 6.07) is 15.2. The van der Waals surface area contributed by atoms with Gasteiger partial charge in [0, 0.05) is 11.3 Å². The molecule has 0 unspecified atom stereocenters. The molecule has 4 rings (SSSR count). The van der Waals surface area contributed by atoms with Crippen LogP contribution >= 0.6 is 11.6 Å². The molecule has 1 aromatic heterocycles. The molecule has 9 nitrogen and oxygen atoms in total. The van der Waals surface area contributed by atoms with Crippen molar-refractivity contribution in [3.8, 4) is 34.4 Å². The van der Waals surface area contributed by atoms with Crippen LogP contribution in [-0.2, 0) is 11.3 Å². The van der Waals surface area contributed by atoms with Crippen LogP contribution in [0.25, 0.3) is 22.3 Å². The van der Waals surface area contributed by atoms with Crippen LogP contribution < -0.4 is 29.8 Å². The Morgan fingerprint density at radius 3 is 2.19 bits per heavy atom. The van der Waals surface area contributed by atoms with Gasteiger partial charge < -0.3 is 24.3 Å². The van der Waals surface area contributed by atoms with Crippen LogP contribution in [0.4, 0.5) is 5.69 Å². The number of para-hydroxylation sites is 1. The standard InChI is InChI=1S/C26H24ClN3O6/c1-33-20-10-9-16(13-18(20)27)28-23(31)14-30-25(29-19-8-6-5-7-17(19)26(30)32)15-11-21(34-2)24(36-4)22(12-15)35-3/h5-13H,14H2,1-4H3,(H,28,31). The van der Waals surface area contributed by atoms with Crippen molar-refractivity contribution in [2.75, 3.05) is 33.8 Å². The third-order valence-corrected chi connectivity index (χ3v) is 5.82. The van der Waals surface area contributed by atoms with Gasteiger partial charge in [-0.2, -0.15) is 0 Å². The lowest BCUT2D eigenvalue weighted by atomic mass is 10.1. The normalized spacial score (nSPS) is 10.7. The number of hydrogen-bond acceptors (Lipinski definition) is 7. The van der Waals surface area contributed by atoms with Crippen molar-refractivity contribution in [1.82, 2.24) is 9.55 Å². The first-order valence-electron chi connectivity index (χ1n) is 10.8. The number of anilines is 1. The molecule has 1 N–H and O–H groups in total. The second kappa shape index (κ2) is 10.6. The Balaban J connectivity index is 1.82. The molecule has 0 bridgehead atoms. The summed E-state index contributed by atoms with van der Waals surface area (Å²) in [5.74, 6) is 1.48. The largest absolute Gasteiger partial charge is 0.495 e. The van der Waals surface area contributed by atoms with Gasteiger partial charge in [0.05, 0.1) is 44.4 Å². The maximum atomic E-state index is 13.5. The lowest BCUT2D eigenvalue weighted by Gasteiger charge is -2.17. The van der Waals surface area contributed by atoms with E-state index in [1.165, 1.54) is 33.0 Å². The minimum Gasteiger partial charge on any atom is -0.495 e. The molecule has 1 heterocycles. The van der Waals surface area contributed by atoms with Crippen molar-refractivity contribution >= 4 is 34.1 Å². The highest BCUT2D eigenvalue weighted by molar-refractivity contribution is 6.32. The predicted octanol–water partition coefficient (Wildman–Crippen LogP) is 4.39. The van der Waals surface area contributed by atoms with E-state index in [1.807, 2.05) is 0 Å². The first-order valence-corrected chi connectivity index (χ1v) is 11.2. The first kappa shape index (κ1) is 24.9. The fourth-order valence-electron chi connectivity index (χ4n) is 3.83.